The summed E-state index contributed by atoms with van der Waals surface area (Å²) in [5.41, 5.74) is 5.83. The highest BCUT2D eigenvalue weighted by Crippen LogP contribution is 2.18. The Bertz CT molecular complexity index is 906. The summed E-state index contributed by atoms with van der Waals surface area (Å²) in [6.45, 7) is 2.22. The predicted octanol–water partition coefficient (Wildman–Crippen LogP) is 1.41. The van der Waals surface area contributed by atoms with E-state index in [4.69, 9.17) is 5.73 Å². The molecule has 2 aromatic rings. The van der Waals surface area contributed by atoms with Crippen molar-refractivity contribution in [2.45, 2.75) is 17.7 Å². The van der Waals surface area contributed by atoms with Gasteiger partial charge in [0.05, 0.1) is 4.90 Å². The Morgan fingerprint density at radius 3 is 2.45 bits per heavy atom. The predicted molar refractivity (Wildman–Crippen MR) is 117 cm³/mol. The quantitative estimate of drug-likeness (QED) is 0.566. The molecule has 0 spiro atoms. The second-order valence-electron chi connectivity index (χ2n) is 6.14. The van der Waals surface area contributed by atoms with E-state index in [1.165, 1.54) is 12.1 Å². The fraction of sp³-hybridized carbons (Fsp3) is 0.353. The number of hydrogen-bond acceptors (Lipinski definition) is 7. The second kappa shape index (κ2) is 11.3. The summed E-state index contributed by atoms with van der Waals surface area (Å²) in [6.07, 6.45) is 2.26. The molecule has 1 fully saturated rings. The molecule has 9 nitrogen and oxygen atoms in total. The molecule has 0 bridgehead atoms. The van der Waals surface area contributed by atoms with Crippen LogP contribution in [-0.4, -0.2) is 50.7 Å². The summed E-state index contributed by atoms with van der Waals surface area (Å²) < 4.78 is 26.7. The van der Waals surface area contributed by atoms with Crippen molar-refractivity contribution in [3.05, 3.63) is 42.1 Å². The number of carbonyl (C=O) groups is 1. The molecule has 2 heterocycles. The molecule has 1 aliphatic rings. The number of aromatic nitrogens is 2. The summed E-state index contributed by atoms with van der Waals surface area (Å²) in [7, 11) is -3.68. The molecule has 3 rings (SSSR count). The van der Waals surface area contributed by atoms with Gasteiger partial charge in [-0.25, -0.2) is 13.1 Å². The van der Waals surface area contributed by atoms with Crippen LogP contribution in [0.4, 0.5) is 11.5 Å². The summed E-state index contributed by atoms with van der Waals surface area (Å²) in [6, 6.07) is 9.35. The molecular formula is C17H24Cl2N6O3S. The Morgan fingerprint density at radius 2 is 1.83 bits per heavy atom. The van der Waals surface area contributed by atoms with Crippen molar-refractivity contribution < 1.29 is 13.2 Å². The molecule has 1 aliphatic heterocycles. The standard InChI is InChI=1S/C17H22N6O3S.2ClH/c18-8-9-19-27(25,26)14-5-3-4-13(12-14)20-17(24)15-6-7-16(22-21-15)23-10-1-2-11-23;;/h3-7,12,19H,1-2,8-11,18H2,(H,20,24);2*1H. The molecule has 1 amide bonds. The van der Waals surface area contributed by atoms with E-state index in [0.717, 1.165) is 31.7 Å². The molecule has 1 saturated heterocycles. The van der Waals surface area contributed by atoms with Crippen LogP contribution in [0.5, 0.6) is 0 Å². The monoisotopic (exact) mass is 462 g/mol. The van der Waals surface area contributed by atoms with Crippen molar-refractivity contribution >= 4 is 52.2 Å². The number of rotatable bonds is 7. The zero-order valence-electron chi connectivity index (χ0n) is 15.6. The maximum absolute atomic E-state index is 12.4. The van der Waals surface area contributed by atoms with Gasteiger partial charge in [-0.05, 0) is 43.2 Å². The highest BCUT2D eigenvalue weighted by molar-refractivity contribution is 7.89. The topological polar surface area (TPSA) is 130 Å². The van der Waals surface area contributed by atoms with E-state index in [9.17, 15) is 13.2 Å². The van der Waals surface area contributed by atoms with Crippen molar-refractivity contribution in [1.82, 2.24) is 14.9 Å². The van der Waals surface area contributed by atoms with Crippen LogP contribution in [0.15, 0.2) is 41.3 Å². The molecule has 1 aromatic carbocycles. The van der Waals surface area contributed by atoms with Crippen molar-refractivity contribution in [2.24, 2.45) is 5.73 Å². The number of hydrogen-bond donors (Lipinski definition) is 3. The van der Waals surface area contributed by atoms with Gasteiger partial charge in [-0.3, -0.25) is 4.79 Å². The van der Waals surface area contributed by atoms with Gasteiger partial charge in [0.25, 0.3) is 5.91 Å². The van der Waals surface area contributed by atoms with E-state index in [1.54, 1.807) is 24.3 Å². The first-order chi connectivity index (χ1) is 13.0. The molecule has 12 heteroatoms. The lowest BCUT2D eigenvalue weighted by atomic mass is 10.3. The smallest absolute Gasteiger partial charge is 0.276 e. The number of sulfonamides is 1. The van der Waals surface area contributed by atoms with Gasteiger partial charge in [0.2, 0.25) is 10.0 Å². The van der Waals surface area contributed by atoms with E-state index < -0.39 is 15.9 Å². The summed E-state index contributed by atoms with van der Waals surface area (Å²) in [4.78, 5) is 14.5. The van der Waals surface area contributed by atoms with Crippen LogP contribution in [0.1, 0.15) is 23.3 Å². The average molecular weight is 463 g/mol. The van der Waals surface area contributed by atoms with Crippen LogP contribution in [0.3, 0.4) is 0 Å². The van der Waals surface area contributed by atoms with Crippen LogP contribution in [0.2, 0.25) is 0 Å². The molecule has 0 radical (unpaired) electrons. The first-order valence-electron chi connectivity index (χ1n) is 8.69. The molecular weight excluding hydrogens is 439 g/mol. The Kier molecular flexibility index (Phi) is 9.74. The number of anilines is 2. The third kappa shape index (κ3) is 6.51. The van der Waals surface area contributed by atoms with Gasteiger partial charge in [0, 0.05) is 31.9 Å². The van der Waals surface area contributed by atoms with Crippen molar-refractivity contribution in [1.29, 1.82) is 0 Å². The number of nitrogens with two attached hydrogens (primary N) is 1. The van der Waals surface area contributed by atoms with Crippen molar-refractivity contribution in [3.63, 3.8) is 0 Å². The zero-order chi connectivity index (χ0) is 19.3. The molecule has 4 N–H and O–H groups in total. The van der Waals surface area contributed by atoms with Gasteiger partial charge in [-0.2, -0.15) is 0 Å². The van der Waals surface area contributed by atoms with Gasteiger partial charge >= 0.3 is 0 Å². The van der Waals surface area contributed by atoms with E-state index in [0.29, 0.717) is 5.69 Å². The highest BCUT2D eigenvalue weighted by atomic mass is 35.5. The number of amides is 1. The molecule has 29 heavy (non-hydrogen) atoms. The van der Waals surface area contributed by atoms with Gasteiger partial charge in [0.15, 0.2) is 11.5 Å². The zero-order valence-corrected chi connectivity index (χ0v) is 18.0. The minimum absolute atomic E-state index is 0. The number of benzene rings is 1. The SMILES string of the molecule is Cl.Cl.NCCNS(=O)(=O)c1cccc(NC(=O)c2ccc(N3CCCC3)nn2)c1. The first-order valence-corrected chi connectivity index (χ1v) is 10.2. The molecule has 160 valence electrons. The van der Waals surface area contributed by atoms with Gasteiger partial charge in [-0.1, -0.05) is 6.07 Å². The molecule has 0 saturated carbocycles. The lowest BCUT2D eigenvalue weighted by Crippen LogP contribution is -2.29. The Labute approximate surface area is 182 Å². The largest absolute Gasteiger partial charge is 0.355 e. The number of nitrogens with zero attached hydrogens (tertiary/aromatic N) is 3. The minimum atomic E-state index is -3.68. The van der Waals surface area contributed by atoms with E-state index in [2.05, 4.69) is 25.1 Å². The van der Waals surface area contributed by atoms with Crippen molar-refractivity contribution in [3.8, 4) is 0 Å². The van der Waals surface area contributed by atoms with Gasteiger partial charge < -0.3 is 16.0 Å². The Balaban J connectivity index is 0.00000210. The maximum Gasteiger partial charge on any atom is 0.276 e. The van der Waals surface area contributed by atoms with E-state index in [-0.39, 0.29) is 48.5 Å². The normalized spacial score (nSPS) is 13.3. The van der Waals surface area contributed by atoms with Crippen LogP contribution < -0.4 is 20.7 Å². The summed E-state index contributed by atoms with van der Waals surface area (Å²) >= 11 is 0. The van der Waals surface area contributed by atoms with Crippen LogP contribution in [-0.2, 0) is 10.0 Å². The van der Waals surface area contributed by atoms with E-state index in [1.807, 2.05) is 0 Å². The maximum atomic E-state index is 12.4. The third-order valence-electron chi connectivity index (χ3n) is 4.15. The Hall–Kier alpha value is -1.98. The lowest BCUT2D eigenvalue weighted by Gasteiger charge is -2.15. The van der Waals surface area contributed by atoms with Crippen LogP contribution >= 0.6 is 24.8 Å². The second-order valence-corrected chi connectivity index (χ2v) is 7.91. The van der Waals surface area contributed by atoms with Crippen molar-refractivity contribution in [2.75, 3.05) is 36.4 Å². The van der Waals surface area contributed by atoms with Crippen LogP contribution in [0, 0.1) is 0 Å². The molecule has 0 aliphatic carbocycles. The number of carbonyl (C=O) groups excluding carboxylic acids is 1. The summed E-state index contributed by atoms with van der Waals surface area (Å²) in [5, 5.41) is 10.7. The highest BCUT2D eigenvalue weighted by Gasteiger charge is 2.17. The van der Waals surface area contributed by atoms with Gasteiger partial charge in [0.1, 0.15) is 0 Å². The van der Waals surface area contributed by atoms with E-state index >= 15 is 0 Å². The fourth-order valence-corrected chi connectivity index (χ4v) is 3.87. The summed E-state index contributed by atoms with van der Waals surface area (Å²) in [5.74, 6) is 0.294. The molecule has 0 atom stereocenters. The molecule has 0 unspecified atom stereocenters. The Morgan fingerprint density at radius 1 is 1.10 bits per heavy atom. The molecule has 1 aromatic heterocycles. The minimum Gasteiger partial charge on any atom is -0.355 e. The lowest BCUT2D eigenvalue weighted by molar-refractivity contribution is 0.102. The van der Waals surface area contributed by atoms with Crippen LogP contribution in [0.25, 0.3) is 0 Å². The first kappa shape index (κ1) is 25.1. The van der Waals surface area contributed by atoms with Gasteiger partial charge in [-0.15, -0.1) is 35.0 Å². The third-order valence-corrected chi connectivity index (χ3v) is 5.61. The average Bonchev–Trinajstić information content (AvgIpc) is 3.21. The fourth-order valence-electron chi connectivity index (χ4n) is 2.77. The number of halogens is 2. The number of nitrogens with one attached hydrogen (secondary N) is 2.